The van der Waals surface area contributed by atoms with Crippen molar-refractivity contribution in [3.63, 3.8) is 0 Å². The molecule has 0 spiro atoms. The minimum absolute atomic E-state index is 0.0284. The number of hydrogen-bond donors (Lipinski definition) is 1. The zero-order chi connectivity index (χ0) is 15.0. The van der Waals surface area contributed by atoms with Crippen molar-refractivity contribution in [3.8, 4) is 0 Å². The quantitative estimate of drug-likeness (QED) is 0.758. The Morgan fingerprint density at radius 2 is 2.33 bits per heavy atom. The Labute approximate surface area is 123 Å². The molecule has 0 atom stereocenters. The van der Waals surface area contributed by atoms with Gasteiger partial charge in [-0.15, -0.1) is 11.3 Å². The Hall–Kier alpha value is -2.55. The van der Waals surface area contributed by atoms with E-state index in [9.17, 15) is 9.59 Å². The van der Waals surface area contributed by atoms with E-state index in [0.29, 0.717) is 16.6 Å². The van der Waals surface area contributed by atoms with Gasteiger partial charge in [-0.1, -0.05) is 0 Å². The van der Waals surface area contributed by atoms with Crippen LogP contribution in [-0.4, -0.2) is 42.4 Å². The molecule has 0 radical (unpaired) electrons. The van der Waals surface area contributed by atoms with Gasteiger partial charge in [-0.25, -0.2) is 9.97 Å². The van der Waals surface area contributed by atoms with Crippen molar-refractivity contribution in [2.24, 2.45) is 0 Å². The van der Waals surface area contributed by atoms with Crippen LogP contribution in [0, 0.1) is 6.92 Å². The molecule has 0 saturated carbocycles. The van der Waals surface area contributed by atoms with Gasteiger partial charge in [0.25, 0.3) is 11.5 Å². The molecular formula is C12H12N6O2S. The highest BCUT2D eigenvalue weighted by atomic mass is 32.1. The Morgan fingerprint density at radius 3 is 3.05 bits per heavy atom. The van der Waals surface area contributed by atoms with Gasteiger partial charge in [-0.2, -0.15) is 5.10 Å². The smallest absolute Gasteiger partial charge is 0.271 e. The van der Waals surface area contributed by atoms with E-state index in [-0.39, 0.29) is 17.7 Å². The fourth-order valence-electron chi connectivity index (χ4n) is 1.92. The molecule has 0 aliphatic heterocycles. The van der Waals surface area contributed by atoms with Gasteiger partial charge in [0, 0.05) is 24.8 Å². The maximum absolute atomic E-state index is 12.4. The topological polar surface area (TPSA) is 96.2 Å². The minimum Gasteiger partial charge on any atom is -0.334 e. The average Bonchev–Trinajstić information content (AvgIpc) is 3.08. The van der Waals surface area contributed by atoms with Crippen LogP contribution < -0.4 is 5.56 Å². The lowest BCUT2D eigenvalue weighted by atomic mass is 10.3. The first-order chi connectivity index (χ1) is 10.1. The summed E-state index contributed by atoms with van der Waals surface area (Å²) in [5.41, 5.74) is -0.343. The van der Waals surface area contributed by atoms with E-state index in [1.807, 2.05) is 0 Å². The molecule has 0 aliphatic rings. The summed E-state index contributed by atoms with van der Waals surface area (Å²) in [6.07, 6.45) is 2.92. The molecule has 3 aromatic rings. The van der Waals surface area contributed by atoms with Crippen LogP contribution in [0.4, 0.5) is 0 Å². The predicted octanol–water partition coefficient (Wildman–Crippen LogP) is 0.455. The van der Waals surface area contributed by atoms with Crippen molar-refractivity contribution in [2.75, 3.05) is 7.05 Å². The molecule has 108 valence electrons. The van der Waals surface area contributed by atoms with Gasteiger partial charge in [0.1, 0.15) is 11.4 Å². The summed E-state index contributed by atoms with van der Waals surface area (Å²) >= 11 is 1.34. The summed E-state index contributed by atoms with van der Waals surface area (Å²) in [5.74, 6) is 0.760. The zero-order valence-electron chi connectivity index (χ0n) is 11.4. The standard InChI is InChI=1S/C12H12N6O2S/c1-7-14-9(16-15-7)6-17(2)10(19)8-5-13-12-18(11(8)20)3-4-21-12/h3-5H,6H2,1-2H3,(H,14,15,16). The number of aromatic nitrogens is 5. The van der Waals surface area contributed by atoms with Gasteiger partial charge in [0.15, 0.2) is 10.8 Å². The molecule has 0 fully saturated rings. The lowest BCUT2D eigenvalue weighted by molar-refractivity contribution is 0.0779. The van der Waals surface area contributed by atoms with Crippen molar-refractivity contribution in [2.45, 2.75) is 13.5 Å². The van der Waals surface area contributed by atoms with E-state index >= 15 is 0 Å². The second-order valence-electron chi connectivity index (χ2n) is 4.53. The number of fused-ring (bicyclic) bond motifs is 1. The number of aryl methyl sites for hydroxylation is 1. The van der Waals surface area contributed by atoms with Crippen molar-refractivity contribution in [1.29, 1.82) is 0 Å². The molecule has 21 heavy (non-hydrogen) atoms. The van der Waals surface area contributed by atoms with Crippen molar-refractivity contribution in [3.05, 3.63) is 45.3 Å². The van der Waals surface area contributed by atoms with Crippen molar-refractivity contribution < 1.29 is 4.79 Å². The second-order valence-corrected chi connectivity index (χ2v) is 5.40. The molecule has 9 heteroatoms. The van der Waals surface area contributed by atoms with Crippen LogP contribution in [0.25, 0.3) is 4.96 Å². The van der Waals surface area contributed by atoms with Crippen LogP contribution in [0.1, 0.15) is 22.0 Å². The first kappa shape index (κ1) is 13.4. The lowest BCUT2D eigenvalue weighted by Crippen LogP contribution is -2.32. The van der Waals surface area contributed by atoms with Gasteiger partial charge in [-0.05, 0) is 6.92 Å². The maximum atomic E-state index is 12.4. The summed E-state index contributed by atoms with van der Waals surface area (Å²) in [7, 11) is 1.59. The summed E-state index contributed by atoms with van der Waals surface area (Å²) in [4.78, 5) is 34.8. The maximum Gasteiger partial charge on any atom is 0.271 e. The van der Waals surface area contributed by atoms with Crippen LogP contribution in [0.15, 0.2) is 22.6 Å². The van der Waals surface area contributed by atoms with Crippen LogP contribution >= 0.6 is 11.3 Å². The van der Waals surface area contributed by atoms with Crippen LogP contribution in [0.5, 0.6) is 0 Å². The van der Waals surface area contributed by atoms with E-state index in [1.54, 1.807) is 25.5 Å². The van der Waals surface area contributed by atoms with E-state index < -0.39 is 5.91 Å². The number of carbonyl (C=O) groups is 1. The summed E-state index contributed by atoms with van der Waals surface area (Å²) in [6.45, 7) is 1.99. The summed E-state index contributed by atoms with van der Waals surface area (Å²) < 4.78 is 1.36. The van der Waals surface area contributed by atoms with E-state index in [2.05, 4.69) is 20.2 Å². The number of carbonyl (C=O) groups excluding carboxylic acids is 1. The highest BCUT2D eigenvalue weighted by molar-refractivity contribution is 7.15. The van der Waals surface area contributed by atoms with Crippen LogP contribution in [-0.2, 0) is 6.54 Å². The van der Waals surface area contributed by atoms with Gasteiger partial charge >= 0.3 is 0 Å². The number of H-pyrrole nitrogens is 1. The molecule has 1 amide bonds. The Kier molecular flexibility index (Phi) is 3.26. The van der Waals surface area contributed by atoms with Crippen LogP contribution in [0.3, 0.4) is 0 Å². The van der Waals surface area contributed by atoms with Crippen molar-refractivity contribution in [1.82, 2.24) is 29.5 Å². The minimum atomic E-state index is -0.407. The number of hydrogen-bond acceptors (Lipinski definition) is 6. The van der Waals surface area contributed by atoms with Gasteiger partial charge in [0.2, 0.25) is 0 Å². The van der Waals surface area contributed by atoms with Gasteiger partial charge in [-0.3, -0.25) is 19.1 Å². The molecule has 0 saturated heterocycles. The second kappa shape index (κ2) is 5.09. The molecule has 8 nitrogen and oxygen atoms in total. The molecule has 0 aliphatic carbocycles. The zero-order valence-corrected chi connectivity index (χ0v) is 12.2. The summed E-state index contributed by atoms with van der Waals surface area (Å²) in [5, 5.41) is 8.43. The first-order valence-corrected chi connectivity index (χ1v) is 7.02. The molecule has 3 rings (SSSR count). The number of amides is 1. The number of nitrogens with one attached hydrogen (secondary N) is 1. The monoisotopic (exact) mass is 304 g/mol. The first-order valence-electron chi connectivity index (χ1n) is 6.14. The molecule has 1 N–H and O–H groups in total. The highest BCUT2D eigenvalue weighted by Gasteiger charge is 2.19. The molecule has 0 bridgehead atoms. The Bertz CT molecular complexity index is 864. The van der Waals surface area contributed by atoms with E-state index in [0.717, 1.165) is 0 Å². The third-order valence-corrected chi connectivity index (χ3v) is 3.71. The van der Waals surface area contributed by atoms with Gasteiger partial charge in [0.05, 0.1) is 6.54 Å². The van der Waals surface area contributed by atoms with Crippen LogP contribution in [0.2, 0.25) is 0 Å². The normalized spacial score (nSPS) is 11.0. The predicted molar refractivity (Wildman–Crippen MR) is 76.3 cm³/mol. The average molecular weight is 304 g/mol. The molecule has 0 aromatic carbocycles. The summed E-state index contributed by atoms with van der Waals surface area (Å²) in [6, 6.07) is 0. The number of rotatable bonds is 3. The third kappa shape index (κ3) is 2.42. The molecule has 3 aromatic heterocycles. The SMILES string of the molecule is Cc1nc(CN(C)C(=O)c2cnc3sccn3c2=O)n[nH]1. The fraction of sp³-hybridized carbons (Fsp3) is 0.250. The largest absolute Gasteiger partial charge is 0.334 e. The number of aromatic amines is 1. The van der Waals surface area contributed by atoms with Crippen molar-refractivity contribution >= 4 is 22.2 Å². The van der Waals surface area contributed by atoms with E-state index in [4.69, 9.17) is 0 Å². The highest BCUT2D eigenvalue weighted by Crippen LogP contribution is 2.07. The Balaban J connectivity index is 1.89. The Morgan fingerprint density at radius 1 is 1.52 bits per heavy atom. The van der Waals surface area contributed by atoms with Gasteiger partial charge < -0.3 is 4.90 Å². The fourth-order valence-corrected chi connectivity index (χ4v) is 2.60. The van der Waals surface area contributed by atoms with E-state index in [1.165, 1.54) is 26.8 Å². The third-order valence-electron chi connectivity index (χ3n) is 2.94. The molecular weight excluding hydrogens is 292 g/mol. The lowest BCUT2D eigenvalue weighted by Gasteiger charge is -2.14. The molecule has 0 unspecified atom stereocenters. The number of nitrogens with zero attached hydrogens (tertiary/aromatic N) is 5. The molecule has 3 heterocycles. The number of thiazole rings is 1.